The summed E-state index contributed by atoms with van der Waals surface area (Å²) < 4.78 is 51.8. The standard InChI is InChI=1S/C25H19ClF3N3O3/c1-3-35-22-19(26)11-15(12-21(22)34-2)14-30-32-23(16-7-6-8-17(13-16)25(27,28)29)31-20-10-5-4-9-18(20)24(32)33/h4-14H,3H2,1-2H3. The molecule has 0 radical (unpaired) electrons. The Labute approximate surface area is 203 Å². The SMILES string of the molecule is CCOc1c(Cl)cc(C=Nn2c(-c3cccc(C(F)(F)F)c3)nc3ccccc3c2=O)cc1OC. The molecule has 0 bridgehead atoms. The van der Waals surface area contributed by atoms with E-state index in [1.807, 2.05) is 0 Å². The zero-order valence-corrected chi connectivity index (χ0v) is 19.4. The van der Waals surface area contributed by atoms with Gasteiger partial charge in [0.25, 0.3) is 5.56 Å². The molecule has 1 aromatic heterocycles. The van der Waals surface area contributed by atoms with E-state index in [1.54, 1.807) is 43.3 Å². The van der Waals surface area contributed by atoms with Crippen LogP contribution in [-0.2, 0) is 6.18 Å². The van der Waals surface area contributed by atoms with Crippen LogP contribution in [0.25, 0.3) is 22.3 Å². The number of para-hydroxylation sites is 1. The van der Waals surface area contributed by atoms with Crippen LogP contribution in [0.3, 0.4) is 0 Å². The molecule has 0 saturated heterocycles. The molecule has 0 saturated carbocycles. The lowest BCUT2D eigenvalue weighted by atomic mass is 10.1. The average molecular weight is 502 g/mol. The molecule has 6 nitrogen and oxygen atoms in total. The summed E-state index contributed by atoms with van der Waals surface area (Å²) in [5, 5.41) is 4.81. The van der Waals surface area contributed by atoms with Crippen molar-refractivity contribution in [3.8, 4) is 22.9 Å². The third-order valence-corrected chi connectivity index (χ3v) is 5.35. The van der Waals surface area contributed by atoms with Crippen LogP contribution in [0.5, 0.6) is 11.5 Å². The first-order valence-corrected chi connectivity index (χ1v) is 10.8. The van der Waals surface area contributed by atoms with Gasteiger partial charge < -0.3 is 9.47 Å². The lowest BCUT2D eigenvalue weighted by Crippen LogP contribution is -2.20. The highest BCUT2D eigenvalue weighted by atomic mass is 35.5. The summed E-state index contributed by atoms with van der Waals surface area (Å²) in [4.78, 5) is 17.7. The molecule has 0 aliphatic heterocycles. The fraction of sp³-hybridized carbons (Fsp3) is 0.160. The molecule has 3 aromatic carbocycles. The Bertz CT molecular complexity index is 1480. The Balaban J connectivity index is 1.90. The van der Waals surface area contributed by atoms with Crippen LogP contribution < -0.4 is 15.0 Å². The molecule has 0 unspecified atom stereocenters. The number of rotatable bonds is 6. The van der Waals surface area contributed by atoms with E-state index in [-0.39, 0.29) is 21.8 Å². The van der Waals surface area contributed by atoms with Crippen molar-refractivity contribution in [2.45, 2.75) is 13.1 Å². The smallest absolute Gasteiger partial charge is 0.416 e. The molecule has 180 valence electrons. The van der Waals surface area contributed by atoms with E-state index in [9.17, 15) is 18.0 Å². The van der Waals surface area contributed by atoms with Crippen LogP contribution in [0.1, 0.15) is 18.1 Å². The van der Waals surface area contributed by atoms with Crippen molar-refractivity contribution in [2.24, 2.45) is 5.10 Å². The maximum Gasteiger partial charge on any atom is 0.416 e. The number of methoxy groups -OCH3 is 1. The van der Waals surface area contributed by atoms with Crippen molar-refractivity contribution in [1.82, 2.24) is 9.66 Å². The molecule has 1 heterocycles. The van der Waals surface area contributed by atoms with Gasteiger partial charge in [-0.25, -0.2) is 4.98 Å². The molecule has 4 aromatic rings. The molecule has 35 heavy (non-hydrogen) atoms. The molecule has 0 N–H and O–H groups in total. The molecule has 0 fully saturated rings. The van der Waals surface area contributed by atoms with Crippen molar-refractivity contribution in [2.75, 3.05) is 13.7 Å². The van der Waals surface area contributed by atoms with Gasteiger partial charge >= 0.3 is 6.18 Å². The number of hydrogen-bond donors (Lipinski definition) is 0. The second kappa shape index (κ2) is 9.79. The third-order valence-electron chi connectivity index (χ3n) is 5.06. The van der Waals surface area contributed by atoms with E-state index in [4.69, 9.17) is 21.1 Å². The number of hydrogen-bond acceptors (Lipinski definition) is 5. The largest absolute Gasteiger partial charge is 0.493 e. The average Bonchev–Trinajstić information content (AvgIpc) is 2.84. The molecule has 10 heteroatoms. The van der Waals surface area contributed by atoms with Gasteiger partial charge in [0, 0.05) is 5.56 Å². The molecule has 0 spiro atoms. The van der Waals surface area contributed by atoms with E-state index in [1.165, 1.54) is 25.5 Å². The van der Waals surface area contributed by atoms with Crippen molar-refractivity contribution in [3.63, 3.8) is 0 Å². The van der Waals surface area contributed by atoms with Crippen LogP contribution in [-0.4, -0.2) is 29.6 Å². The summed E-state index contributed by atoms with van der Waals surface area (Å²) in [6.45, 7) is 2.18. The topological polar surface area (TPSA) is 65.7 Å². The van der Waals surface area contributed by atoms with Gasteiger partial charge in [0.05, 0.1) is 41.4 Å². The molecular weight excluding hydrogens is 483 g/mol. The van der Waals surface area contributed by atoms with E-state index >= 15 is 0 Å². The van der Waals surface area contributed by atoms with Gasteiger partial charge in [-0.05, 0) is 48.9 Å². The number of nitrogens with zero attached hydrogens (tertiary/aromatic N) is 3. The summed E-state index contributed by atoms with van der Waals surface area (Å²) in [5.74, 6) is 0.686. The number of benzene rings is 3. The second-order valence-electron chi connectivity index (χ2n) is 7.36. The summed E-state index contributed by atoms with van der Waals surface area (Å²) in [5.41, 5.74) is -0.506. The molecule has 0 amide bonds. The van der Waals surface area contributed by atoms with Gasteiger partial charge in [0.2, 0.25) is 0 Å². The van der Waals surface area contributed by atoms with Crippen LogP contribution in [0.4, 0.5) is 13.2 Å². The third kappa shape index (κ3) is 5.00. The Morgan fingerprint density at radius 1 is 1.11 bits per heavy atom. The highest BCUT2D eigenvalue weighted by Crippen LogP contribution is 2.36. The Morgan fingerprint density at radius 3 is 2.60 bits per heavy atom. The van der Waals surface area contributed by atoms with E-state index in [0.29, 0.717) is 29.2 Å². The van der Waals surface area contributed by atoms with E-state index in [2.05, 4.69) is 10.1 Å². The quantitative estimate of drug-likeness (QED) is 0.303. The maximum absolute atomic E-state index is 13.3. The highest BCUT2D eigenvalue weighted by Gasteiger charge is 2.31. The number of aromatic nitrogens is 2. The fourth-order valence-corrected chi connectivity index (χ4v) is 3.75. The minimum absolute atomic E-state index is 0.0416. The normalized spacial score (nSPS) is 11.8. The van der Waals surface area contributed by atoms with Crippen LogP contribution in [0.2, 0.25) is 5.02 Å². The zero-order valence-electron chi connectivity index (χ0n) is 18.6. The summed E-state index contributed by atoms with van der Waals surface area (Å²) in [7, 11) is 1.46. The van der Waals surface area contributed by atoms with Crippen LogP contribution in [0, 0.1) is 0 Å². The van der Waals surface area contributed by atoms with Gasteiger partial charge in [0.15, 0.2) is 17.3 Å². The van der Waals surface area contributed by atoms with E-state index in [0.717, 1.165) is 16.8 Å². The summed E-state index contributed by atoms with van der Waals surface area (Å²) in [6.07, 6.45) is -3.21. The predicted molar refractivity (Wildman–Crippen MR) is 129 cm³/mol. The molecule has 0 atom stereocenters. The first kappa shape index (κ1) is 24.3. The minimum atomic E-state index is -4.56. The van der Waals surface area contributed by atoms with Gasteiger partial charge in [-0.1, -0.05) is 35.9 Å². The lowest BCUT2D eigenvalue weighted by molar-refractivity contribution is -0.137. The number of halogens is 4. The molecule has 0 aliphatic carbocycles. The van der Waals surface area contributed by atoms with E-state index < -0.39 is 17.3 Å². The summed E-state index contributed by atoms with van der Waals surface area (Å²) >= 11 is 6.32. The first-order valence-electron chi connectivity index (χ1n) is 10.5. The second-order valence-corrected chi connectivity index (χ2v) is 7.77. The molecule has 0 aliphatic rings. The van der Waals surface area contributed by atoms with Crippen molar-refractivity contribution < 1.29 is 22.6 Å². The molecule has 4 rings (SSSR count). The minimum Gasteiger partial charge on any atom is -0.493 e. The van der Waals surface area contributed by atoms with Crippen molar-refractivity contribution in [3.05, 3.63) is 87.2 Å². The van der Waals surface area contributed by atoms with Crippen LogP contribution >= 0.6 is 11.6 Å². The van der Waals surface area contributed by atoms with Crippen molar-refractivity contribution in [1.29, 1.82) is 0 Å². The Kier molecular flexibility index (Phi) is 6.79. The fourth-order valence-electron chi connectivity index (χ4n) is 3.48. The predicted octanol–water partition coefficient (Wildman–Crippen LogP) is 6.03. The lowest BCUT2D eigenvalue weighted by Gasteiger charge is -2.13. The van der Waals surface area contributed by atoms with Gasteiger partial charge in [0.1, 0.15) is 0 Å². The van der Waals surface area contributed by atoms with Gasteiger partial charge in [-0.15, -0.1) is 0 Å². The van der Waals surface area contributed by atoms with Gasteiger partial charge in [-0.2, -0.15) is 22.9 Å². The molecular formula is C25H19ClF3N3O3. The zero-order chi connectivity index (χ0) is 25.2. The highest BCUT2D eigenvalue weighted by molar-refractivity contribution is 6.32. The number of fused-ring (bicyclic) bond motifs is 1. The summed E-state index contributed by atoms with van der Waals surface area (Å²) in [6, 6.07) is 14.3. The number of alkyl halides is 3. The monoisotopic (exact) mass is 501 g/mol. The van der Waals surface area contributed by atoms with Crippen LogP contribution in [0.15, 0.2) is 70.6 Å². The number of ether oxygens (including phenoxy) is 2. The Hall–Kier alpha value is -3.85. The van der Waals surface area contributed by atoms with Gasteiger partial charge in [-0.3, -0.25) is 4.79 Å². The maximum atomic E-state index is 13.3. The Morgan fingerprint density at radius 2 is 1.89 bits per heavy atom. The first-order chi connectivity index (χ1) is 16.7. The van der Waals surface area contributed by atoms with Crippen molar-refractivity contribution >= 4 is 28.7 Å².